The average molecular weight is 408 g/mol. The van der Waals surface area contributed by atoms with E-state index in [1.54, 1.807) is 11.6 Å². The molecule has 2 aromatic carbocycles. The third-order valence-electron chi connectivity index (χ3n) is 4.96. The standard InChI is InChI=1S/C23H22ClN3O2/c1-14-8-10-17(11-9-14)13-27-22(24)21(16(3)26-27)23(28)25-15(2)20-12-18-6-4-5-7-19(18)29-20/h4-12,15H,13H2,1-3H3,(H,25,28). The van der Waals surface area contributed by atoms with E-state index >= 15 is 0 Å². The minimum atomic E-state index is -0.300. The Morgan fingerprint density at radius 1 is 1.17 bits per heavy atom. The third kappa shape index (κ3) is 3.91. The number of carbonyl (C=O) groups excluding carboxylic acids is 1. The summed E-state index contributed by atoms with van der Waals surface area (Å²) in [6, 6.07) is 17.6. The number of rotatable bonds is 5. The molecule has 0 spiro atoms. The minimum absolute atomic E-state index is 0.268. The van der Waals surface area contributed by atoms with Gasteiger partial charge >= 0.3 is 0 Å². The molecule has 4 aromatic rings. The predicted molar refractivity (Wildman–Crippen MR) is 114 cm³/mol. The molecule has 2 heterocycles. The Hall–Kier alpha value is -3.05. The Morgan fingerprint density at radius 2 is 1.90 bits per heavy atom. The lowest BCUT2D eigenvalue weighted by atomic mass is 10.1. The fourth-order valence-corrected chi connectivity index (χ4v) is 3.66. The first-order valence-corrected chi connectivity index (χ1v) is 9.88. The van der Waals surface area contributed by atoms with Crippen LogP contribution in [-0.4, -0.2) is 15.7 Å². The van der Waals surface area contributed by atoms with Crippen molar-refractivity contribution < 1.29 is 9.21 Å². The van der Waals surface area contributed by atoms with Crippen molar-refractivity contribution in [2.45, 2.75) is 33.4 Å². The van der Waals surface area contributed by atoms with Crippen LogP contribution in [0, 0.1) is 13.8 Å². The van der Waals surface area contributed by atoms with Gasteiger partial charge in [-0.15, -0.1) is 0 Å². The number of benzene rings is 2. The van der Waals surface area contributed by atoms with Gasteiger partial charge in [0.1, 0.15) is 16.5 Å². The van der Waals surface area contributed by atoms with Crippen LogP contribution >= 0.6 is 11.6 Å². The number of nitrogens with one attached hydrogen (secondary N) is 1. The van der Waals surface area contributed by atoms with E-state index in [2.05, 4.69) is 10.4 Å². The van der Waals surface area contributed by atoms with Crippen LogP contribution in [0.2, 0.25) is 5.15 Å². The molecule has 0 aliphatic carbocycles. The molecular formula is C23H22ClN3O2. The topological polar surface area (TPSA) is 60.1 Å². The Balaban J connectivity index is 1.53. The summed E-state index contributed by atoms with van der Waals surface area (Å²) in [5.41, 5.74) is 4.04. The molecule has 148 valence electrons. The zero-order chi connectivity index (χ0) is 20.5. The van der Waals surface area contributed by atoms with E-state index in [1.807, 2.05) is 68.4 Å². The summed E-state index contributed by atoms with van der Waals surface area (Å²) in [5, 5.41) is 8.77. The molecule has 5 nitrogen and oxygen atoms in total. The van der Waals surface area contributed by atoms with Crippen LogP contribution in [0.4, 0.5) is 0 Å². The lowest BCUT2D eigenvalue weighted by Crippen LogP contribution is -2.27. The molecule has 4 rings (SSSR count). The summed E-state index contributed by atoms with van der Waals surface area (Å²) in [7, 11) is 0. The molecule has 0 aliphatic rings. The molecule has 6 heteroatoms. The van der Waals surface area contributed by atoms with E-state index in [0.717, 1.165) is 16.5 Å². The number of fused-ring (bicyclic) bond motifs is 1. The van der Waals surface area contributed by atoms with E-state index in [4.69, 9.17) is 16.0 Å². The molecule has 1 unspecified atom stereocenters. The second-order valence-electron chi connectivity index (χ2n) is 7.28. The van der Waals surface area contributed by atoms with Gasteiger partial charge in [0.25, 0.3) is 5.91 Å². The first kappa shape index (κ1) is 19.3. The Labute approximate surface area is 174 Å². The number of furan rings is 1. The van der Waals surface area contributed by atoms with Crippen LogP contribution in [0.25, 0.3) is 11.0 Å². The number of amides is 1. The van der Waals surface area contributed by atoms with Crippen molar-refractivity contribution in [3.63, 3.8) is 0 Å². The van der Waals surface area contributed by atoms with E-state index in [-0.39, 0.29) is 11.9 Å². The van der Waals surface area contributed by atoms with Gasteiger partial charge in [-0.1, -0.05) is 59.6 Å². The number of para-hydroxylation sites is 1. The van der Waals surface area contributed by atoms with Crippen molar-refractivity contribution in [3.05, 3.63) is 87.9 Å². The summed E-state index contributed by atoms with van der Waals surface area (Å²) in [4.78, 5) is 12.9. The number of hydrogen-bond acceptors (Lipinski definition) is 3. The zero-order valence-electron chi connectivity index (χ0n) is 16.6. The van der Waals surface area contributed by atoms with Crippen LogP contribution in [0.5, 0.6) is 0 Å². The highest BCUT2D eigenvalue weighted by atomic mass is 35.5. The molecule has 1 atom stereocenters. The maximum Gasteiger partial charge on any atom is 0.256 e. The van der Waals surface area contributed by atoms with Gasteiger partial charge in [0.05, 0.1) is 23.8 Å². The average Bonchev–Trinajstić information content (AvgIpc) is 3.24. The monoisotopic (exact) mass is 407 g/mol. The molecule has 29 heavy (non-hydrogen) atoms. The summed E-state index contributed by atoms with van der Waals surface area (Å²) in [5.74, 6) is 0.427. The molecule has 0 saturated carbocycles. The maximum absolute atomic E-state index is 12.9. The van der Waals surface area contributed by atoms with Crippen LogP contribution < -0.4 is 5.32 Å². The number of hydrogen-bond donors (Lipinski definition) is 1. The van der Waals surface area contributed by atoms with Crippen molar-refractivity contribution in [3.8, 4) is 0 Å². The second-order valence-corrected chi connectivity index (χ2v) is 7.63. The first-order chi connectivity index (χ1) is 13.9. The number of carbonyl (C=O) groups is 1. The number of nitrogens with zero attached hydrogens (tertiary/aromatic N) is 2. The van der Waals surface area contributed by atoms with Crippen molar-refractivity contribution in [2.75, 3.05) is 0 Å². The lowest BCUT2D eigenvalue weighted by molar-refractivity contribution is 0.0935. The van der Waals surface area contributed by atoms with Crippen molar-refractivity contribution in [2.24, 2.45) is 0 Å². The number of aryl methyl sites for hydroxylation is 2. The quantitative estimate of drug-likeness (QED) is 0.479. The fraction of sp³-hybridized carbons (Fsp3) is 0.217. The van der Waals surface area contributed by atoms with Crippen molar-refractivity contribution >= 4 is 28.5 Å². The highest BCUT2D eigenvalue weighted by molar-refractivity contribution is 6.33. The predicted octanol–water partition coefficient (Wildman–Crippen LogP) is 5.44. The van der Waals surface area contributed by atoms with E-state index in [9.17, 15) is 4.79 Å². The fourth-order valence-electron chi connectivity index (χ4n) is 3.34. The molecule has 2 aromatic heterocycles. The van der Waals surface area contributed by atoms with Gasteiger partial charge in [-0.2, -0.15) is 5.10 Å². The molecule has 0 aliphatic heterocycles. The molecule has 1 amide bonds. The summed E-state index contributed by atoms with van der Waals surface area (Å²) >= 11 is 6.52. The maximum atomic E-state index is 12.9. The zero-order valence-corrected chi connectivity index (χ0v) is 17.3. The van der Waals surface area contributed by atoms with Crippen LogP contribution in [0.3, 0.4) is 0 Å². The van der Waals surface area contributed by atoms with Gasteiger partial charge in [0.2, 0.25) is 0 Å². The van der Waals surface area contributed by atoms with Gasteiger partial charge in [0.15, 0.2) is 0 Å². The van der Waals surface area contributed by atoms with Gasteiger partial charge in [0, 0.05) is 5.39 Å². The second kappa shape index (κ2) is 7.76. The summed E-state index contributed by atoms with van der Waals surface area (Å²) < 4.78 is 7.51. The smallest absolute Gasteiger partial charge is 0.256 e. The molecule has 0 bridgehead atoms. The molecule has 0 fully saturated rings. The van der Waals surface area contributed by atoms with Gasteiger partial charge in [-0.05, 0) is 38.5 Å². The van der Waals surface area contributed by atoms with Crippen molar-refractivity contribution in [1.29, 1.82) is 0 Å². The number of halogens is 1. The van der Waals surface area contributed by atoms with E-state index in [1.165, 1.54) is 5.56 Å². The Bertz CT molecular complexity index is 1140. The minimum Gasteiger partial charge on any atom is -0.459 e. The van der Waals surface area contributed by atoms with E-state index in [0.29, 0.717) is 28.7 Å². The largest absolute Gasteiger partial charge is 0.459 e. The Kier molecular flexibility index (Phi) is 5.16. The highest BCUT2D eigenvalue weighted by Gasteiger charge is 2.23. The van der Waals surface area contributed by atoms with E-state index < -0.39 is 0 Å². The van der Waals surface area contributed by atoms with Crippen LogP contribution in [0.1, 0.15) is 45.9 Å². The van der Waals surface area contributed by atoms with Crippen LogP contribution in [0.15, 0.2) is 59.0 Å². The molecular weight excluding hydrogens is 386 g/mol. The van der Waals surface area contributed by atoms with Gasteiger partial charge in [-0.25, -0.2) is 4.68 Å². The number of aromatic nitrogens is 2. The first-order valence-electron chi connectivity index (χ1n) is 9.50. The normalized spacial score (nSPS) is 12.3. The lowest BCUT2D eigenvalue weighted by Gasteiger charge is -2.11. The van der Waals surface area contributed by atoms with Crippen molar-refractivity contribution in [1.82, 2.24) is 15.1 Å². The van der Waals surface area contributed by atoms with Gasteiger partial charge < -0.3 is 9.73 Å². The SMILES string of the molecule is Cc1ccc(Cn2nc(C)c(C(=O)NC(C)c3cc4ccccc4o3)c2Cl)cc1. The molecule has 0 saturated heterocycles. The summed E-state index contributed by atoms with van der Waals surface area (Å²) in [6.45, 7) is 6.22. The Morgan fingerprint density at radius 3 is 2.62 bits per heavy atom. The van der Waals surface area contributed by atoms with Crippen LogP contribution in [-0.2, 0) is 6.54 Å². The third-order valence-corrected chi connectivity index (χ3v) is 5.35. The highest BCUT2D eigenvalue weighted by Crippen LogP contribution is 2.25. The molecule has 0 radical (unpaired) electrons. The van der Waals surface area contributed by atoms with Gasteiger partial charge in [-0.3, -0.25) is 4.79 Å². The molecule has 1 N–H and O–H groups in total. The summed E-state index contributed by atoms with van der Waals surface area (Å²) in [6.07, 6.45) is 0.